The van der Waals surface area contributed by atoms with Crippen LogP contribution in [0.15, 0.2) is 30.6 Å². The molecule has 86 valence electrons. The van der Waals surface area contributed by atoms with Crippen LogP contribution in [0.2, 0.25) is 0 Å². The fourth-order valence-corrected chi connectivity index (χ4v) is 1.58. The molecule has 0 saturated carbocycles. The number of anilines is 1. The zero-order valence-electron chi connectivity index (χ0n) is 9.83. The Labute approximate surface area is 99.9 Å². The Kier molecular flexibility index (Phi) is 3.06. The van der Waals surface area contributed by atoms with Gasteiger partial charge in [0.15, 0.2) is 0 Å². The molecule has 0 bridgehead atoms. The maximum Gasteiger partial charge on any atom is 0.146 e. The van der Waals surface area contributed by atoms with Crippen LogP contribution in [0, 0.1) is 11.3 Å². The molecule has 0 aliphatic heterocycles. The molecule has 0 spiro atoms. The van der Waals surface area contributed by atoms with Gasteiger partial charge in [0.1, 0.15) is 12.2 Å². The van der Waals surface area contributed by atoms with Crippen molar-refractivity contribution < 1.29 is 0 Å². The molecule has 2 rings (SSSR count). The molecule has 0 radical (unpaired) electrons. The summed E-state index contributed by atoms with van der Waals surface area (Å²) in [7, 11) is 3.83. The van der Waals surface area contributed by atoms with Gasteiger partial charge in [-0.1, -0.05) is 6.07 Å². The molecule has 0 aliphatic carbocycles. The van der Waals surface area contributed by atoms with Crippen LogP contribution >= 0.6 is 0 Å². The summed E-state index contributed by atoms with van der Waals surface area (Å²) in [5, 5.41) is 12.9. The average molecular weight is 227 g/mol. The summed E-state index contributed by atoms with van der Waals surface area (Å²) < 4.78 is 1.74. The second-order valence-corrected chi connectivity index (χ2v) is 3.82. The minimum atomic E-state index is 0.658. The van der Waals surface area contributed by atoms with Crippen molar-refractivity contribution in [2.45, 2.75) is 6.54 Å². The lowest BCUT2D eigenvalue weighted by molar-refractivity contribution is 0.688. The quantitative estimate of drug-likeness (QED) is 0.793. The molecule has 2 aromatic rings. The van der Waals surface area contributed by atoms with Gasteiger partial charge in [0.2, 0.25) is 0 Å². The first kappa shape index (κ1) is 11.1. The van der Waals surface area contributed by atoms with Gasteiger partial charge in [-0.25, -0.2) is 4.98 Å². The van der Waals surface area contributed by atoms with Crippen molar-refractivity contribution in [1.82, 2.24) is 14.8 Å². The molecule has 0 amide bonds. The predicted molar refractivity (Wildman–Crippen MR) is 64.3 cm³/mol. The third kappa shape index (κ3) is 2.42. The fraction of sp³-hybridized carbons (Fsp3) is 0.250. The SMILES string of the molecule is CN(Cc1ncnn1C)c1cccc(C#N)c1. The highest BCUT2D eigenvalue weighted by Crippen LogP contribution is 2.15. The van der Waals surface area contributed by atoms with E-state index in [1.54, 1.807) is 10.7 Å². The summed E-state index contributed by atoms with van der Waals surface area (Å²) in [5.41, 5.74) is 1.65. The lowest BCUT2D eigenvalue weighted by Gasteiger charge is -2.18. The molecule has 17 heavy (non-hydrogen) atoms. The highest BCUT2D eigenvalue weighted by molar-refractivity contribution is 5.50. The number of hydrogen-bond acceptors (Lipinski definition) is 4. The van der Waals surface area contributed by atoms with Gasteiger partial charge in [-0.05, 0) is 18.2 Å². The third-order valence-corrected chi connectivity index (χ3v) is 2.60. The maximum atomic E-state index is 8.85. The lowest BCUT2D eigenvalue weighted by atomic mass is 10.2. The first-order valence-electron chi connectivity index (χ1n) is 5.25. The number of rotatable bonds is 3. The summed E-state index contributed by atoms with van der Waals surface area (Å²) in [5.74, 6) is 0.884. The Morgan fingerprint density at radius 2 is 2.29 bits per heavy atom. The molecule has 0 unspecified atom stereocenters. The van der Waals surface area contributed by atoms with Gasteiger partial charge in [-0.15, -0.1) is 0 Å². The van der Waals surface area contributed by atoms with Crippen molar-refractivity contribution in [2.75, 3.05) is 11.9 Å². The monoisotopic (exact) mass is 227 g/mol. The minimum Gasteiger partial charge on any atom is -0.367 e. The van der Waals surface area contributed by atoms with Gasteiger partial charge in [-0.3, -0.25) is 4.68 Å². The van der Waals surface area contributed by atoms with E-state index in [2.05, 4.69) is 16.2 Å². The number of aryl methyl sites for hydroxylation is 1. The van der Waals surface area contributed by atoms with Crippen LogP contribution in [0.3, 0.4) is 0 Å². The number of hydrogen-bond donors (Lipinski definition) is 0. The molecule has 1 heterocycles. The van der Waals surface area contributed by atoms with E-state index in [0.717, 1.165) is 11.5 Å². The fourth-order valence-electron chi connectivity index (χ4n) is 1.58. The topological polar surface area (TPSA) is 57.7 Å². The van der Waals surface area contributed by atoms with Crippen LogP contribution in [0.25, 0.3) is 0 Å². The largest absolute Gasteiger partial charge is 0.367 e. The van der Waals surface area contributed by atoms with E-state index in [9.17, 15) is 0 Å². The zero-order chi connectivity index (χ0) is 12.3. The summed E-state index contributed by atoms with van der Waals surface area (Å²) in [6.07, 6.45) is 1.54. The van der Waals surface area contributed by atoms with Gasteiger partial charge < -0.3 is 4.90 Å². The van der Waals surface area contributed by atoms with Crippen LogP contribution in [-0.4, -0.2) is 21.8 Å². The van der Waals surface area contributed by atoms with Crippen LogP contribution in [0.1, 0.15) is 11.4 Å². The average Bonchev–Trinajstić information content (AvgIpc) is 2.75. The van der Waals surface area contributed by atoms with E-state index >= 15 is 0 Å². The van der Waals surface area contributed by atoms with E-state index in [1.807, 2.05) is 37.2 Å². The van der Waals surface area contributed by atoms with E-state index < -0.39 is 0 Å². The molecule has 5 nitrogen and oxygen atoms in total. The number of benzene rings is 1. The van der Waals surface area contributed by atoms with Gasteiger partial charge in [-0.2, -0.15) is 10.4 Å². The number of aromatic nitrogens is 3. The Hall–Kier alpha value is -2.35. The first-order chi connectivity index (χ1) is 8.20. The summed E-state index contributed by atoms with van der Waals surface area (Å²) in [6.45, 7) is 0.658. The summed E-state index contributed by atoms with van der Waals surface area (Å²) in [6, 6.07) is 9.63. The van der Waals surface area contributed by atoms with E-state index in [0.29, 0.717) is 12.1 Å². The Bertz CT molecular complexity index is 552. The Morgan fingerprint density at radius 1 is 1.47 bits per heavy atom. The number of nitriles is 1. The molecule has 1 aromatic carbocycles. The molecule has 1 aromatic heterocycles. The van der Waals surface area contributed by atoms with Crippen LogP contribution in [0.4, 0.5) is 5.69 Å². The van der Waals surface area contributed by atoms with Crippen molar-refractivity contribution in [3.8, 4) is 6.07 Å². The van der Waals surface area contributed by atoms with Gasteiger partial charge in [0.25, 0.3) is 0 Å². The van der Waals surface area contributed by atoms with Crippen molar-refractivity contribution in [1.29, 1.82) is 5.26 Å². The van der Waals surface area contributed by atoms with Gasteiger partial charge in [0, 0.05) is 19.8 Å². The highest BCUT2D eigenvalue weighted by Gasteiger charge is 2.06. The summed E-state index contributed by atoms with van der Waals surface area (Å²) >= 11 is 0. The van der Waals surface area contributed by atoms with E-state index in [-0.39, 0.29) is 0 Å². The first-order valence-corrected chi connectivity index (χ1v) is 5.25. The Morgan fingerprint density at radius 3 is 2.94 bits per heavy atom. The molecule has 0 fully saturated rings. The normalized spacial score (nSPS) is 9.94. The lowest BCUT2D eigenvalue weighted by Crippen LogP contribution is -2.19. The van der Waals surface area contributed by atoms with E-state index in [4.69, 9.17) is 5.26 Å². The molecule has 0 N–H and O–H groups in total. The predicted octanol–water partition coefficient (Wildman–Crippen LogP) is 1.32. The second kappa shape index (κ2) is 4.66. The van der Waals surface area contributed by atoms with Crippen LogP contribution in [0.5, 0.6) is 0 Å². The maximum absolute atomic E-state index is 8.85. The summed E-state index contributed by atoms with van der Waals surface area (Å²) in [4.78, 5) is 6.20. The second-order valence-electron chi connectivity index (χ2n) is 3.82. The molecule has 5 heteroatoms. The molecular formula is C12H13N5. The standard InChI is InChI=1S/C12H13N5/c1-16(8-12-14-9-15-17(12)2)11-5-3-4-10(6-11)7-13/h3-6,9H,8H2,1-2H3. The van der Waals surface area contributed by atoms with Crippen LogP contribution in [-0.2, 0) is 13.6 Å². The molecular weight excluding hydrogens is 214 g/mol. The minimum absolute atomic E-state index is 0.658. The van der Waals surface area contributed by atoms with Crippen molar-refractivity contribution >= 4 is 5.69 Å². The van der Waals surface area contributed by atoms with Gasteiger partial charge >= 0.3 is 0 Å². The molecule has 0 aliphatic rings. The Balaban J connectivity index is 2.17. The number of nitrogens with zero attached hydrogens (tertiary/aromatic N) is 5. The van der Waals surface area contributed by atoms with Crippen molar-refractivity contribution in [3.63, 3.8) is 0 Å². The smallest absolute Gasteiger partial charge is 0.146 e. The molecule has 0 atom stereocenters. The van der Waals surface area contributed by atoms with Crippen molar-refractivity contribution in [3.05, 3.63) is 42.0 Å². The highest BCUT2D eigenvalue weighted by atomic mass is 15.3. The zero-order valence-corrected chi connectivity index (χ0v) is 9.83. The molecule has 0 saturated heterocycles. The van der Waals surface area contributed by atoms with Gasteiger partial charge in [0.05, 0.1) is 18.2 Å². The van der Waals surface area contributed by atoms with Crippen molar-refractivity contribution in [2.24, 2.45) is 7.05 Å². The van der Waals surface area contributed by atoms with Crippen LogP contribution < -0.4 is 4.90 Å². The van der Waals surface area contributed by atoms with E-state index in [1.165, 1.54) is 6.33 Å². The third-order valence-electron chi connectivity index (χ3n) is 2.60.